The van der Waals surface area contributed by atoms with Crippen LogP contribution in [0.15, 0.2) is 76.7 Å². The molecule has 0 bridgehead atoms. The number of nitrogens with one attached hydrogen (secondary N) is 4. The Morgan fingerprint density at radius 2 is 1.53 bits per heavy atom. The van der Waals surface area contributed by atoms with Gasteiger partial charge in [0.25, 0.3) is 0 Å². The van der Waals surface area contributed by atoms with Crippen molar-refractivity contribution >= 4 is 73.8 Å². The molecule has 19 heteroatoms. The smallest absolute Gasteiger partial charge is 0.246 e. The average molecular weight is 822 g/mol. The first-order valence-corrected chi connectivity index (χ1v) is 20.8. The molecular formula is C38H51N11O6S2. The molecule has 0 aliphatic carbocycles. The number of likely N-dealkylation sites (N-methyl/N-ethyl adjacent to an activating group) is 1. The molecule has 0 saturated carbocycles. The van der Waals surface area contributed by atoms with Gasteiger partial charge in [0.1, 0.15) is 29.9 Å². The minimum atomic E-state index is -1.15. The Balaban J connectivity index is 1.65. The van der Waals surface area contributed by atoms with Crippen molar-refractivity contribution in [1.29, 1.82) is 0 Å². The first-order chi connectivity index (χ1) is 27.3. The van der Waals surface area contributed by atoms with Gasteiger partial charge in [-0.25, -0.2) is 0 Å². The highest BCUT2D eigenvalue weighted by Gasteiger charge is 2.35. The monoisotopic (exact) mass is 821 g/mol. The molecule has 5 amide bonds. The van der Waals surface area contributed by atoms with Crippen molar-refractivity contribution in [2.45, 2.75) is 56.3 Å². The Morgan fingerprint density at radius 1 is 0.860 bits per heavy atom. The van der Waals surface area contributed by atoms with Gasteiger partial charge in [-0.05, 0) is 53.3 Å². The second-order valence-corrected chi connectivity index (χ2v) is 15.9. The zero-order valence-electron chi connectivity index (χ0n) is 31.7. The van der Waals surface area contributed by atoms with Crippen LogP contribution in [0.2, 0.25) is 0 Å². The fraction of sp³-hybridized carbons (Fsp3) is 0.395. The van der Waals surface area contributed by atoms with Gasteiger partial charge in [0, 0.05) is 44.5 Å². The molecule has 306 valence electrons. The molecular weight excluding hydrogens is 771 g/mol. The Hall–Kier alpha value is -5.69. The summed E-state index contributed by atoms with van der Waals surface area (Å²) in [6.45, 7) is 0.433. The molecule has 0 unspecified atom stereocenters. The van der Waals surface area contributed by atoms with Crippen LogP contribution in [0.1, 0.15) is 30.4 Å². The number of aromatic hydroxyl groups is 1. The lowest BCUT2D eigenvalue weighted by Crippen LogP contribution is -2.59. The van der Waals surface area contributed by atoms with Crippen LogP contribution < -0.4 is 44.2 Å². The lowest BCUT2D eigenvalue weighted by molar-refractivity contribution is -0.142. The Morgan fingerprint density at radius 3 is 2.25 bits per heavy atom. The van der Waals surface area contributed by atoms with E-state index in [1.807, 2.05) is 42.5 Å². The molecule has 1 aliphatic heterocycles. The fourth-order valence-corrected chi connectivity index (χ4v) is 8.32. The molecule has 4 atom stereocenters. The predicted molar refractivity (Wildman–Crippen MR) is 225 cm³/mol. The number of phenolic OH excluding ortho intramolecular Hbond substituents is 1. The second kappa shape index (κ2) is 22.2. The summed E-state index contributed by atoms with van der Waals surface area (Å²) in [5.41, 5.74) is 23.5. The standard InChI is InChI=1S/C38H51N11O6S2/c1-49-31(7-4-16-44-37(39)40)35(54)47-28(20-24-8-11-25-5-2-3-6-26(25)19-24)34(53)48-29(33(52)43-17-14-23-9-12-27(50)13-10-23)21-56-57-22-30(36(49)55)46-32(51)15-18-45-38(41)42/h2-3,5-6,8-13,19,28-31,50H,4,7,14-18,20-22H2,1H3,(H,43,52)(H,46,51)(H,47,54)(H,48,53)(H4,39,40,44)(H4,41,42,45)/t28-,29+,30-,31-/m0/s1. The van der Waals surface area contributed by atoms with Crippen LogP contribution in [-0.4, -0.2) is 114 Å². The van der Waals surface area contributed by atoms with Crippen LogP contribution in [0.5, 0.6) is 5.75 Å². The normalized spacial score (nSPS) is 19.4. The molecule has 57 heavy (non-hydrogen) atoms. The number of amides is 5. The lowest BCUT2D eigenvalue weighted by Gasteiger charge is -2.32. The quantitative estimate of drug-likeness (QED) is 0.0444. The van der Waals surface area contributed by atoms with E-state index in [-0.39, 0.29) is 68.1 Å². The molecule has 3 aromatic rings. The number of nitrogens with zero attached hydrogens (tertiary/aromatic N) is 3. The van der Waals surface area contributed by atoms with Gasteiger partial charge in [-0.1, -0.05) is 76.2 Å². The molecule has 0 aromatic heterocycles. The molecule has 1 saturated heterocycles. The topological polar surface area (TPSA) is 286 Å². The number of carbonyl (C=O) groups is 5. The van der Waals surface area contributed by atoms with Crippen molar-refractivity contribution < 1.29 is 29.1 Å². The van der Waals surface area contributed by atoms with Crippen LogP contribution in [0.4, 0.5) is 0 Å². The van der Waals surface area contributed by atoms with E-state index in [1.54, 1.807) is 24.3 Å². The van der Waals surface area contributed by atoms with Crippen LogP contribution in [-0.2, 0) is 36.8 Å². The zero-order chi connectivity index (χ0) is 41.3. The fourth-order valence-electron chi connectivity index (χ4n) is 6.00. The molecule has 0 radical (unpaired) electrons. The third-order valence-electron chi connectivity index (χ3n) is 9.04. The summed E-state index contributed by atoms with van der Waals surface area (Å²) in [5, 5.41) is 22.9. The summed E-state index contributed by atoms with van der Waals surface area (Å²) in [5.74, 6) is -2.70. The summed E-state index contributed by atoms with van der Waals surface area (Å²) < 4.78 is 0. The van der Waals surface area contributed by atoms with Crippen molar-refractivity contribution in [2.75, 3.05) is 38.2 Å². The minimum Gasteiger partial charge on any atom is -0.508 e. The number of hydrogen-bond donors (Lipinski definition) is 9. The maximum Gasteiger partial charge on any atom is 0.246 e. The van der Waals surface area contributed by atoms with E-state index in [2.05, 4.69) is 31.3 Å². The third kappa shape index (κ3) is 14.4. The minimum absolute atomic E-state index is 0.00443. The molecule has 1 fully saturated rings. The van der Waals surface area contributed by atoms with Gasteiger partial charge in [0.05, 0.1) is 6.54 Å². The van der Waals surface area contributed by atoms with E-state index in [0.717, 1.165) is 21.9 Å². The number of carbonyl (C=O) groups excluding carboxylic acids is 5. The average Bonchev–Trinajstić information content (AvgIpc) is 3.17. The third-order valence-corrected chi connectivity index (χ3v) is 11.5. The first kappa shape index (κ1) is 44.0. The largest absolute Gasteiger partial charge is 0.508 e. The molecule has 17 nitrogen and oxygen atoms in total. The summed E-state index contributed by atoms with van der Waals surface area (Å²) in [6.07, 6.45) is 0.878. The number of hydrogen-bond acceptors (Lipinski definition) is 10. The van der Waals surface area contributed by atoms with E-state index >= 15 is 0 Å². The van der Waals surface area contributed by atoms with E-state index in [4.69, 9.17) is 22.9 Å². The van der Waals surface area contributed by atoms with Gasteiger partial charge in [-0.2, -0.15) is 0 Å². The number of benzene rings is 3. The van der Waals surface area contributed by atoms with Gasteiger partial charge in [-0.3, -0.25) is 34.0 Å². The molecule has 0 spiro atoms. The molecule has 1 aliphatic rings. The van der Waals surface area contributed by atoms with Crippen LogP contribution in [0, 0.1) is 0 Å². The maximum atomic E-state index is 14.3. The van der Waals surface area contributed by atoms with Gasteiger partial charge >= 0.3 is 0 Å². The lowest BCUT2D eigenvalue weighted by atomic mass is 10.00. The first-order valence-electron chi connectivity index (χ1n) is 18.4. The van der Waals surface area contributed by atoms with Crippen molar-refractivity contribution in [3.05, 3.63) is 77.9 Å². The highest BCUT2D eigenvalue weighted by atomic mass is 33.1. The van der Waals surface area contributed by atoms with E-state index in [9.17, 15) is 29.1 Å². The molecule has 13 N–H and O–H groups in total. The SMILES string of the molecule is CN1C(=O)[C@@H](NC(=O)CCN=C(N)N)CSSC[C@H](C(=O)NCCc2ccc(O)cc2)NC(=O)[C@H](Cc2ccc3ccccc3c2)NC(=O)[C@@H]1CCCN=C(N)N. The zero-order valence-corrected chi connectivity index (χ0v) is 33.3. The van der Waals surface area contributed by atoms with Crippen molar-refractivity contribution in [1.82, 2.24) is 26.2 Å². The summed E-state index contributed by atoms with van der Waals surface area (Å²) in [6, 6.07) is 15.7. The predicted octanol–water partition coefficient (Wildman–Crippen LogP) is -0.160. The van der Waals surface area contributed by atoms with Gasteiger partial charge < -0.3 is 54.2 Å². The highest BCUT2D eigenvalue weighted by molar-refractivity contribution is 8.76. The van der Waals surface area contributed by atoms with E-state index in [0.29, 0.717) is 12.8 Å². The number of aliphatic imine (C=N–C) groups is 2. The molecule has 3 aromatic carbocycles. The Labute approximate surface area is 339 Å². The van der Waals surface area contributed by atoms with E-state index in [1.165, 1.54) is 33.5 Å². The van der Waals surface area contributed by atoms with Crippen LogP contribution >= 0.6 is 21.6 Å². The number of guanidine groups is 2. The number of nitrogens with two attached hydrogens (primary N) is 4. The maximum absolute atomic E-state index is 14.3. The highest BCUT2D eigenvalue weighted by Crippen LogP contribution is 2.25. The van der Waals surface area contributed by atoms with Crippen molar-refractivity contribution in [3.63, 3.8) is 0 Å². The molecule has 4 rings (SSSR count). The van der Waals surface area contributed by atoms with Crippen molar-refractivity contribution in [3.8, 4) is 5.75 Å². The van der Waals surface area contributed by atoms with Gasteiger partial charge in [-0.15, -0.1) is 0 Å². The van der Waals surface area contributed by atoms with Crippen LogP contribution in [0.3, 0.4) is 0 Å². The summed E-state index contributed by atoms with van der Waals surface area (Å²) in [4.78, 5) is 78.3. The number of fused-ring (bicyclic) bond motifs is 1. The van der Waals surface area contributed by atoms with Gasteiger partial charge in [0.2, 0.25) is 29.5 Å². The summed E-state index contributed by atoms with van der Waals surface area (Å²) >= 11 is 0. The Kier molecular flexibility index (Phi) is 17.1. The summed E-state index contributed by atoms with van der Waals surface area (Å²) in [7, 11) is 3.93. The van der Waals surface area contributed by atoms with Crippen molar-refractivity contribution in [2.24, 2.45) is 32.9 Å². The van der Waals surface area contributed by atoms with E-state index < -0.39 is 53.7 Å². The second-order valence-electron chi connectivity index (χ2n) is 13.4. The Bertz CT molecular complexity index is 1920. The molecule has 1 heterocycles. The number of rotatable bonds is 14. The van der Waals surface area contributed by atoms with Crippen LogP contribution in [0.25, 0.3) is 10.8 Å². The number of phenols is 1. The van der Waals surface area contributed by atoms with Gasteiger partial charge in [0.15, 0.2) is 11.9 Å².